The lowest BCUT2D eigenvalue weighted by atomic mass is 9.98. The molecule has 1 aromatic heterocycles. The second-order valence-electron chi connectivity index (χ2n) is 6.17. The van der Waals surface area contributed by atoms with Crippen molar-refractivity contribution in [1.82, 2.24) is 5.32 Å². The van der Waals surface area contributed by atoms with Crippen LogP contribution in [-0.4, -0.2) is 30.9 Å². The molecular formula is C18H27NO3S. The third-order valence-corrected chi connectivity index (χ3v) is 5.19. The lowest BCUT2D eigenvalue weighted by Crippen LogP contribution is -2.26. The van der Waals surface area contributed by atoms with Crippen LogP contribution in [0.2, 0.25) is 0 Å². The highest BCUT2D eigenvalue weighted by Crippen LogP contribution is 2.20. The Bertz CT molecular complexity index is 506. The Balaban J connectivity index is 1.50. The number of carbonyl (C=O) groups is 2. The van der Waals surface area contributed by atoms with Gasteiger partial charge in [0.25, 0.3) is 0 Å². The van der Waals surface area contributed by atoms with E-state index in [9.17, 15) is 9.59 Å². The Morgan fingerprint density at radius 2 is 2.00 bits per heavy atom. The molecule has 128 valence electrons. The van der Waals surface area contributed by atoms with E-state index in [0.29, 0.717) is 19.3 Å². The largest absolute Gasteiger partial charge is 0.378 e. The summed E-state index contributed by atoms with van der Waals surface area (Å²) in [5.74, 6) is 0.00294. The topological polar surface area (TPSA) is 55.4 Å². The SMILES string of the molecule is Cc1ccc(C(=O)CCC(=O)NCCCOC2CCCCC2)s1. The number of ether oxygens (including phenoxy) is 1. The van der Waals surface area contributed by atoms with Gasteiger partial charge in [0.2, 0.25) is 5.91 Å². The molecule has 1 N–H and O–H groups in total. The van der Waals surface area contributed by atoms with Crippen LogP contribution in [0.5, 0.6) is 0 Å². The number of amides is 1. The maximum atomic E-state index is 11.9. The van der Waals surface area contributed by atoms with Gasteiger partial charge in [-0.25, -0.2) is 0 Å². The van der Waals surface area contributed by atoms with E-state index in [2.05, 4.69) is 5.32 Å². The molecule has 1 heterocycles. The van der Waals surface area contributed by atoms with Gasteiger partial charge in [-0.3, -0.25) is 9.59 Å². The molecular weight excluding hydrogens is 310 g/mol. The van der Waals surface area contributed by atoms with Crippen LogP contribution in [0.1, 0.15) is 65.9 Å². The van der Waals surface area contributed by atoms with Gasteiger partial charge in [-0.1, -0.05) is 19.3 Å². The second kappa shape index (κ2) is 9.83. The summed E-state index contributed by atoms with van der Waals surface area (Å²) in [6.45, 7) is 3.31. The fourth-order valence-electron chi connectivity index (χ4n) is 2.80. The third-order valence-electron chi connectivity index (χ3n) is 4.14. The van der Waals surface area contributed by atoms with E-state index >= 15 is 0 Å². The smallest absolute Gasteiger partial charge is 0.220 e. The molecule has 0 bridgehead atoms. The van der Waals surface area contributed by atoms with Gasteiger partial charge in [-0.05, 0) is 38.3 Å². The van der Waals surface area contributed by atoms with Crippen LogP contribution >= 0.6 is 11.3 Å². The average molecular weight is 337 g/mol. The molecule has 5 heteroatoms. The number of aryl methyl sites for hydroxylation is 1. The average Bonchev–Trinajstić information content (AvgIpc) is 3.00. The Morgan fingerprint density at radius 3 is 2.70 bits per heavy atom. The van der Waals surface area contributed by atoms with Crippen LogP contribution in [0.3, 0.4) is 0 Å². The monoisotopic (exact) mass is 337 g/mol. The standard InChI is InChI=1S/C18H27NO3S/c1-14-8-10-17(23-14)16(20)9-11-18(21)19-12-5-13-22-15-6-3-2-4-7-15/h8,10,15H,2-7,9,11-13H2,1H3,(H,19,21). The molecule has 1 aromatic rings. The third kappa shape index (κ3) is 6.83. The number of carbonyl (C=O) groups excluding carboxylic acids is 2. The van der Waals surface area contributed by atoms with E-state index in [1.54, 1.807) is 0 Å². The number of rotatable bonds is 9. The lowest BCUT2D eigenvalue weighted by molar-refractivity contribution is -0.121. The Hall–Kier alpha value is -1.20. The molecule has 0 unspecified atom stereocenters. The molecule has 0 atom stereocenters. The quantitative estimate of drug-likeness (QED) is 0.549. The minimum Gasteiger partial charge on any atom is -0.378 e. The first-order chi connectivity index (χ1) is 11.1. The van der Waals surface area contributed by atoms with Gasteiger partial charge in [0, 0.05) is 30.9 Å². The van der Waals surface area contributed by atoms with E-state index in [-0.39, 0.29) is 24.5 Å². The van der Waals surface area contributed by atoms with E-state index in [1.165, 1.54) is 43.4 Å². The summed E-state index contributed by atoms with van der Waals surface area (Å²) in [5.41, 5.74) is 0. The number of ketones is 1. The van der Waals surface area contributed by atoms with Crippen molar-refractivity contribution >= 4 is 23.0 Å². The maximum absolute atomic E-state index is 11.9. The molecule has 4 nitrogen and oxygen atoms in total. The van der Waals surface area contributed by atoms with Crippen molar-refractivity contribution < 1.29 is 14.3 Å². The van der Waals surface area contributed by atoms with Gasteiger partial charge in [-0.15, -0.1) is 11.3 Å². The van der Waals surface area contributed by atoms with Gasteiger partial charge in [-0.2, -0.15) is 0 Å². The van der Waals surface area contributed by atoms with E-state index in [4.69, 9.17) is 4.74 Å². The van der Waals surface area contributed by atoms with Crippen molar-refractivity contribution in [1.29, 1.82) is 0 Å². The van der Waals surface area contributed by atoms with Crippen molar-refractivity contribution in [3.05, 3.63) is 21.9 Å². The van der Waals surface area contributed by atoms with Crippen LogP contribution in [0.25, 0.3) is 0 Å². The Labute approximate surface area is 142 Å². The molecule has 2 rings (SSSR count). The normalized spacial score (nSPS) is 15.5. The van der Waals surface area contributed by atoms with Gasteiger partial charge in [0.15, 0.2) is 5.78 Å². The molecule has 23 heavy (non-hydrogen) atoms. The summed E-state index contributed by atoms with van der Waals surface area (Å²) in [6.07, 6.45) is 8.04. The fourth-order valence-corrected chi connectivity index (χ4v) is 3.64. The first-order valence-electron chi connectivity index (χ1n) is 8.63. The number of nitrogens with one attached hydrogen (secondary N) is 1. The summed E-state index contributed by atoms with van der Waals surface area (Å²) in [4.78, 5) is 25.5. The van der Waals surface area contributed by atoms with E-state index in [0.717, 1.165) is 16.2 Å². The predicted molar refractivity (Wildman–Crippen MR) is 93.1 cm³/mol. The number of hydrogen-bond acceptors (Lipinski definition) is 4. The zero-order valence-electron chi connectivity index (χ0n) is 13.9. The number of thiophene rings is 1. The number of hydrogen-bond donors (Lipinski definition) is 1. The maximum Gasteiger partial charge on any atom is 0.220 e. The molecule has 1 saturated carbocycles. The van der Waals surface area contributed by atoms with Crippen LogP contribution < -0.4 is 5.32 Å². The number of Topliss-reactive ketones (excluding diaryl/α,β-unsaturated/α-hetero) is 1. The highest BCUT2D eigenvalue weighted by Gasteiger charge is 2.13. The van der Waals surface area contributed by atoms with Crippen LogP contribution in [0.4, 0.5) is 0 Å². The molecule has 1 aliphatic rings. The zero-order valence-corrected chi connectivity index (χ0v) is 14.8. The second-order valence-corrected chi connectivity index (χ2v) is 7.46. The molecule has 0 radical (unpaired) electrons. The molecule has 1 aliphatic carbocycles. The Morgan fingerprint density at radius 1 is 1.22 bits per heavy atom. The molecule has 1 fully saturated rings. The van der Waals surface area contributed by atoms with E-state index in [1.807, 2.05) is 19.1 Å². The van der Waals surface area contributed by atoms with Crippen LogP contribution in [0.15, 0.2) is 12.1 Å². The minimum atomic E-state index is -0.0516. The summed E-state index contributed by atoms with van der Waals surface area (Å²) >= 11 is 1.49. The molecule has 0 saturated heterocycles. The highest BCUT2D eigenvalue weighted by molar-refractivity contribution is 7.14. The van der Waals surface area contributed by atoms with Crippen molar-refractivity contribution in [3.8, 4) is 0 Å². The van der Waals surface area contributed by atoms with Gasteiger partial charge >= 0.3 is 0 Å². The van der Waals surface area contributed by atoms with Crippen molar-refractivity contribution in [2.24, 2.45) is 0 Å². The van der Waals surface area contributed by atoms with Gasteiger partial charge in [0.05, 0.1) is 11.0 Å². The highest BCUT2D eigenvalue weighted by atomic mass is 32.1. The Kier molecular flexibility index (Phi) is 7.76. The predicted octanol–water partition coefficient (Wildman–Crippen LogP) is 3.88. The van der Waals surface area contributed by atoms with Crippen LogP contribution in [0, 0.1) is 6.92 Å². The summed E-state index contributed by atoms with van der Waals surface area (Å²) in [5, 5.41) is 2.86. The molecule has 1 amide bonds. The van der Waals surface area contributed by atoms with Gasteiger partial charge in [0.1, 0.15) is 0 Å². The fraction of sp³-hybridized carbons (Fsp3) is 0.667. The summed E-state index contributed by atoms with van der Waals surface area (Å²) < 4.78 is 5.82. The zero-order chi connectivity index (χ0) is 16.5. The van der Waals surface area contributed by atoms with Crippen molar-refractivity contribution in [3.63, 3.8) is 0 Å². The molecule has 0 spiro atoms. The van der Waals surface area contributed by atoms with Gasteiger partial charge < -0.3 is 10.1 Å². The summed E-state index contributed by atoms with van der Waals surface area (Å²) in [6, 6.07) is 3.77. The summed E-state index contributed by atoms with van der Waals surface area (Å²) in [7, 11) is 0. The first-order valence-corrected chi connectivity index (χ1v) is 9.45. The van der Waals surface area contributed by atoms with Crippen molar-refractivity contribution in [2.45, 2.75) is 64.4 Å². The minimum absolute atomic E-state index is 0.0516. The molecule has 0 aliphatic heterocycles. The van der Waals surface area contributed by atoms with E-state index < -0.39 is 0 Å². The van der Waals surface area contributed by atoms with Crippen molar-refractivity contribution in [2.75, 3.05) is 13.2 Å². The first kappa shape index (κ1) is 18.1. The van der Waals surface area contributed by atoms with Crippen LogP contribution in [-0.2, 0) is 9.53 Å². The molecule has 0 aromatic carbocycles. The lowest BCUT2D eigenvalue weighted by Gasteiger charge is -2.21.